The summed E-state index contributed by atoms with van der Waals surface area (Å²) in [6.07, 6.45) is 0. The summed E-state index contributed by atoms with van der Waals surface area (Å²) in [6, 6.07) is 11.2. The van der Waals surface area contributed by atoms with Gasteiger partial charge in [-0.1, -0.05) is 45.2 Å². The number of allylic oxidation sites excluding steroid dienone is 1. The Balaban J connectivity index is 2.62. The molecular formula is C13H6BrCl2NS. The van der Waals surface area contributed by atoms with Crippen LogP contribution in [0.25, 0.3) is 10.6 Å². The maximum absolute atomic E-state index is 9.26. The third kappa shape index (κ3) is 2.78. The monoisotopic (exact) mass is 357 g/mol. The van der Waals surface area contributed by atoms with Gasteiger partial charge < -0.3 is 0 Å². The molecule has 0 aliphatic carbocycles. The van der Waals surface area contributed by atoms with E-state index in [2.05, 4.69) is 22.0 Å². The van der Waals surface area contributed by atoms with Gasteiger partial charge in [-0.2, -0.15) is 5.26 Å². The van der Waals surface area contributed by atoms with E-state index >= 15 is 0 Å². The first-order valence-corrected chi connectivity index (χ1v) is 7.35. The van der Waals surface area contributed by atoms with E-state index < -0.39 is 0 Å². The van der Waals surface area contributed by atoms with E-state index in [9.17, 15) is 5.26 Å². The van der Waals surface area contributed by atoms with Gasteiger partial charge in [0.25, 0.3) is 0 Å². The third-order valence-electron chi connectivity index (χ3n) is 2.26. The van der Waals surface area contributed by atoms with Crippen LogP contribution >= 0.6 is 50.5 Å². The van der Waals surface area contributed by atoms with Gasteiger partial charge in [0.05, 0.1) is 10.6 Å². The zero-order valence-electron chi connectivity index (χ0n) is 8.95. The lowest BCUT2D eigenvalue weighted by atomic mass is 10.1. The molecule has 0 radical (unpaired) electrons. The average Bonchev–Trinajstić information content (AvgIpc) is 2.87. The third-order valence-corrected chi connectivity index (χ3v) is 4.47. The predicted molar refractivity (Wildman–Crippen MR) is 81.8 cm³/mol. The molecule has 1 aromatic carbocycles. The number of benzene rings is 1. The van der Waals surface area contributed by atoms with Crippen molar-refractivity contribution in [2.24, 2.45) is 0 Å². The van der Waals surface area contributed by atoms with Crippen LogP contribution in [0.5, 0.6) is 0 Å². The number of hydrogen-bond donors (Lipinski definition) is 0. The van der Waals surface area contributed by atoms with Crippen molar-refractivity contribution < 1.29 is 0 Å². The Morgan fingerprint density at radius 2 is 2.11 bits per heavy atom. The van der Waals surface area contributed by atoms with Gasteiger partial charge in [0.15, 0.2) is 0 Å². The molecule has 1 nitrogen and oxygen atoms in total. The number of halogens is 3. The topological polar surface area (TPSA) is 23.8 Å². The van der Waals surface area contributed by atoms with Crippen molar-refractivity contribution in [3.63, 3.8) is 0 Å². The number of rotatable bonds is 2. The van der Waals surface area contributed by atoms with E-state index in [1.165, 1.54) is 11.3 Å². The SMILES string of the molecule is N#C/C(=C(/Cl)c1cc(Cl)ccc1Br)c1cccs1. The zero-order valence-corrected chi connectivity index (χ0v) is 12.9. The molecule has 90 valence electrons. The van der Waals surface area contributed by atoms with Gasteiger partial charge in [-0.25, -0.2) is 0 Å². The molecule has 0 N–H and O–H groups in total. The largest absolute Gasteiger partial charge is 0.192 e. The molecule has 0 aliphatic heterocycles. The summed E-state index contributed by atoms with van der Waals surface area (Å²) in [7, 11) is 0. The zero-order chi connectivity index (χ0) is 13.1. The van der Waals surface area contributed by atoms with Crippen molar-refractivity contribution in [1.29, 1.82) is 5.26 Å². The molecule has 1 heterocycles. The van der Waals surface area contributed by atoms with E-state index in [1.54, 1.807) is 12.1 Å². The van der Waals surface area contributed by atoms with E-state index in [-0.39, 0.29) is 0 Å². The standard InChI is InChI=1S/C13H6BrCl2NS/c14-11-4-3-8(15)6-9(11)13(16)10(7-17)12-2-1-5-18-12/h1-6H/b13-10-. The lowest BCUT2D eigenvalue weighted by Crippen LogP contribution is -1.85. The highest BCUT2D eigenvalue weighted by molar-refractivity contribution is 9.10. The molecule has 0 atom stereocenters. The van der Waals surface area contributed by atoms with Crippen LogP contribution in [-0.2, 0) is 0 Å². The fourth-order valence-electron chi connectivity index (χ4n) is 1.43. The Morgan fingerprint density at radius 1 is 1.33 bits per heavy atom. The second kappa shape index (κ2) is 5.90. The van der Waals surface area contributed by atoms with Crippen LogP contribution in [0, 0.1) is 11.3 Å². The molecule has 2 aromatic rings. The predicted octanol–water partition coefficient (Wildman–Crippen LogP) is 5.79. The van der Waals surface area contributed by atoms with Crippen LogP contribution in [0.3, 0.4) is 0 Å². The first-order chi connectivity index (χ1) is 8.63. The molecule has 0 aliphatic rings. The van der Waals surface area contributed by atoms with Crippen LogP contribution in [0.4, 0.5) is 0 Å². The van der Waals surface area contributed by atoms with Gasteiger partial charge in [-0.15, -0.1) is 11.3 Å². The Morgan fingerprint density at radius 3 is 2.72 bits per heavy atom. The van der Waals surface area contributed by atoms with E-state index in [1.807, 2.05) is 23.6 Å². The molecule has 18 heavy (non-hydrogen) atoms. The Labute approximate surface area is 127 Å². The highest BCUT2D eigenvalue weighted by Gasteiger charge is 2.13. The molecule has 0 amide bonds. The first-order valence-electron chi connectivity index (χ1n) is 4.92. The molecule has 0 spiro atoms. The van der Waals surface area contributed by atoms with Crippen molar-refractivity contribution in [1.82, 2.24) is 0 Å². The minimum atomic E-state index is 0.398. The van der Waals surface area contributed by atoms with Gasteiger partial charge >= 0.3 is 0 Å². The van der Waals surface area contributed by atoms with Crippen LogP contribution in [0.15, 0.2) is 40.2 Å². The van der Waals surface area contributed by atoms with Gasteiger partial charge in [0, 0.05) is 19.9 Å². The van der Waals surface area contributed by atoms with Gasteiger partial charge in [0.2, 0.25) is 0 Å². The number of nitriles is 1. The van der Waals surface area contributed by atoms with Crippen molar-refractivity contribution >= 4 is 61.1 Å². The molecule has 0 bridgehead atoms. The molecule has 0 unspecified atom stereocenters. The first kappa shape index (κ1) is 13.6. The van der Waals surface area contributed by atoms with Crippen molar-refractivity contribution in [3.8, 4) is 6.07 Å². The van der Waals surface area contributed by atoms with Gasteiger partial charge in [-0.05, 0) is 29.6 Å². The summed E-state index contributed by atoms with van der Waals surface area (Å²) in [5, 5.41) is 12.1. The fraction of sp³-hybridized carbons (Fsp3) is 0. The molecule has 0 fully saturated rings. The summed E-state index contributed by atoms with van der Waals surface area (Å²) >= 11 is 17.2. The highest BCUT2D eigenvalue weighted by atomic mass is 79.9. The summed E-state index contributed by atoms with van der Waals surface area (Å²) in [6.45, 7) is 0. The number of thiophene rings is 1. The van der Waals surface area contributed by atoms with E-state index in [0.29, 0.717) is 21.2 Å². The second-order valence-electron chi connectivity index (χ2n) is 3.40. The minimum absolute atomic E-state index is 0.398. The van der Waals surface area contributed by atoms with Crippen molar-refractivity contribution in [2.45, 2.75) is 0 Å². The lowest BCUT2D eigenvalue weighted by molar-refractivity contribution is 1.53. The minimum Gasteiger partial charge on any atom is -0.192 e. The quantitative estimate of drug-likeness (QED) is 0.623. The smallest absolute Gasteiger partial charge is 0.102 e. The van der Waals surface area contributed by atoms with E-state index in [0.717, 1.165) is 9.35 Å². The van der Waals surface area contributed by atoms with Crippen molar-refractivity contribution in [3.05, 3.63) is 55.6 Å². The lowest BCUT2D eigenvalue weighted by Gasteiger charge is -2.06. The highest BCUT2D eigenvalue weighted by Crippen LogP contribution is 2.36. The van der Waals surface area contributed by atoms with Crippen LogP contribution in [0.1, 0.15) is 10.4 Å². The number of hydrogen-bond acceptors (Lipinski definition) is 2. The molecule has 2 rings (SSSR count). The maximum Gasteiger partial charge on any atom is 0.102 e. The molecule has 1 aromatic heterocycles. The summed E-state index contributed by atoms with van der Waals surface area (Å²) < 4.78 is 0.807. The van der Waals surface area contributed by atoms with Crippen molar-refractivity contribution in [2.75, 3.05) is 0 Å². The Kier molecular flexibility index (Phi) is 4.47. The van der Waals surface area contributed by atoms with Crippen LogP contribution < -0.4 is 0 Å². The molecule has 0 saturated carbocycles. The molecule has 5 heteroatoms. The van der Waals surface area contributed by atoms with Crippen LogP contribution in [-0.4, -0.2) is 0 Å². The average molecular weight is 359 g/mol. The number of nitrogens with zero attached hydrogens (tertiary/aromatic N) is 1. The van der Waals surface area contributed by atoms with E-state index in [4.69, 9.17) is 23.2 Å². The second-order valence-corrected chi connectivity index (χ2v) is 6.02. The summed E-state index contributed by atoms with van der Waals surface area (Å²) in [5.41, 5.74) is 1.17. The fourth-order valence-corrected chi connectivity index (χ4v) is 3.25. The Hall–Kier alpha value is -0.790. The summed E-state index contributed by atoms with van der Waals surface area (Å²) in [5.74, 6) is 0. The maximum atomic E-state index is 9.26. The van der Waals surface area contributed by atoms with Gasteiger partial charge in [0.1, 0.15) is 6.07 Å². The summed E-state index contributed by atoms with van der Waals surface area (Å²) in [4.78, 5) is 0.842. The van der Waals surface area contributed by atoms with Gasteiger partial charge in [-0.3, -0.25) is 0 Å². The normalized spacial score (nSPS) is 11.9. The Bertz CT molecular complexity index is 642. The molecule has 0 saturated heterocycles. The van der Waals surface area contributed by atoms with Crippen LogP contribution in [0.2, 0.25) is 5.02 Å². The molecular weight excluding hydrogens is 353 g/mol.